The zero-order valence-corrected chi connectivity index (χ0v) is 13.3. The summed E-state index contributed by atoms with van der Waals surface area (Å²) in [5.74, 6) is 1.63. The number of H-pyrrole nitrogens is 1. The molecular weight excluding hydrogens is 294 g/mol. The molecule has 0 bridgehead atoms. The van der Waals surface area contributed by atoms with E-state index in [1.165, 1.54) is 0 Å². The SMILES string of the molecule is CCc1nc([C@@H]2CN(CCNS(=O)(=O)CC)CCO2)n[nH]1. The predicted molar refractivity (Wildman–Crippen MR) is 78.4 cm³/mol. The Hall–Kier alpha value is -1.03. The molecule has 1 aromatic rings. The number of sulfonamides is 1. The second-order valence-corrected chi connectivity index (χ2v) is 7.05. The van der Waals surface area contributed by atoms with Crippen LogP contribution in [0.5, 0.6) is 0 Å². The van der Waals surface area contributed by atoms with Crippen LogP contribution in [-0.4, -0.2) is 67.0 Å². The van der Waals surface area contributed by atoms with Crippen LogP contribution in [0.15, 0.2) is 0 Å². The fourth-order valence-corrected chi connectivity index (χ4v) is 2.74. The van der Waals surface area contributed by atoms with E-state index in [4.69, 9.17) is 4.74 Å². The quantitative estimate of drug-likeness (QED) is 0.715. The molecule has 0 unspecified atom stereocenters. The molecule has 1 aliphatic heterocycles. The molecule has 0 radical (unpaired) electrons. The molecule has 0 saturated carbocycles. The molecule has 1 aromatic heterocycles. The van der Waals surface area contributed by atoms with Crippen LogP contribution in [0, 0.1) is 0 Å². The third kappa shape index (κ3) is 4.73. The molecule has 120 valence electrons. The second kappa shape index (κ2) is 7.30. The third-order valence-electron chi connectivity index (χ3n) is 3.45. The van der Waals surface area contributed by atoms with Gasteiger partial charge >= 0.3 is 0 Å². The van der Waals surface area contributed by atoms with Crippen LogP contribution in [0.2, 0.25) is 0 Å². The molecule has 2 rings (SSSR count). The Balaban J connectivity index is 1.83. The van der Waals surface area contributed by atoms with E-state index in [2.05, 4.69) is 24.8 Å². The Morgan fingerprint density at radius 2 is 2.29 bits per heavy atom. The van der Waals surface area contributed by atoms with E-state index in [-0.39, 0.29) is 11.9 Å². The van der Waals surface area contributed by atoms with Gasteiger partial charge in [0.25, 0.3) is 0 Å². The van der Waals surface area contributed by atoms with E-state index in [0.717, 1.165) is 18.8 Å². The van der Waals surface area contributed by atoms with Gasteiger partial charge in [0.15, 0.2) is 5.82 Å². The van der Waals surface area contributed by atoms with Crippen molar-refractivity contribution in [3.8, 4) is 0 Å². The standard InChI is InChI=1S/C12H23N5O3S/c1-3-11-14-12(16-15-11)10-9-17(7-8-20-10)6-5-13-21(18,19)4-2/h10,13H,3-9H2,1-2H3,(H,14,15,16)/t10-/m0/s1. The van der Waals surface area contributed by atoms with Crippen molar-refractivity contribution in [2.45, 2.75) is 26.4 Å². The minimum absolute atomic E-state index is 0.107. The maximum Gasteiger partial charge on any atom is 0.211 e. The molecule has 0 aliphatic carbocycles. The molecule has 1 fully saturated rings. The zero-order chi connectivity index (χ0) is 15.3. The monoisotopic (exact) mass is 317 g/mol. The highest BCUT2D eigenvalue weighted by Crippen LogP contribution is 2.18. The smallest absolute Gasteiger partial charge is 0.211 e. The van der Waals surface area contributed by atoms with Crippen LogP contribution >= 0.6 is 0 Å². The van der Waals surface area contributed by atoms with Crippen molar-refractivity contribution in [1.29, 1.82) is 0 Å². The number of nitrogens with one attached hydrogen (secondary N) is 2. The van der Waals surface area contributed by atoms with Crippen molar-refractivity contribution < 1.29 is 13.2 Å². The average molecular weight is 317 g/mol. The van der Waals surface area contributed by atoms with Crippen LogP contribution in [0.4, 0.5) is 0 Å². The van der Waals surface area contributed by atoms with Crippen molar-refractivity contribution in [2.75, 3.05) is 38.5 Å². The number of aromatic nitrogens is 3. The van der Waals surface area contributed by atoms with Crippen LogP contribution in [0.3, 0.4) is 0 Å². The van der Waals surface area contributed by atoms with E-state index in [1.807, 2.05) is 6.92 Å². The fourth-order valence-electron chi connectivity index (χ4n) is 2.14. The molecule has 8 nitrogen and oxygen atoms in total. The van der Waals surface area contributed by atoms with Crippen LogP contribution in [0.1, 0.15) is 31.6 Å². The van der Waals surface area contributed by atoms with Gasteiger partial charge in [-0.25, -0.2) is 18.1 Å². The lowest BCUT2D eigenvalue weighted by molar-refractivity contribution is -0.0333. The predicted octanol–water partition coefficient (Wildman–Crippen LogP) is -0.320. The van der Waals surface area contributed by atoms with Crippen molar-refractivity contribution >= 4 is 10.0 Å². The van der Waals surface area contributed by atoms with E-state index in [0.29, 0.717) is 32.1 Å². The van der Waals surface area contributed by atoms with Crippen molar-refractivity contribution in [3.05, 3.63) is 11.6 Å². The number of ether oxygens (including phenoxy) is 1. The van der Waals surface area contributed by atoms with Crippen LogP contribution in [-0.2, 0) is 21.2 Å². The molecule has 1 saturated heterocycles. The number of nitrogens with zero attached hydrogens (tertiary/aromatic N) is 3. The summed E-state index contributed by atoms with van der Waals surface area (Å²) < 4.78 is 31.0. The molecule has 2 N–H and O–H groups in total. The Labute approximate surface area is 125 Å². The van der Waals surface area contributed by atoms with Crippen molar-refractivity contribution in [1.82, 2.24) is 24.8 Å². The molecule has 1 atom stereocenters. The summed E-state index contributed by atoms with van der Waals surface area (Å²) >= 11 is 0. The number of aryl methyl sites for hydroxylation is 1. The molecule has 1 aliphatic rings. The van der Waals surface area contributed by atoms with Gasteiger partial charge in [0.2, 0.25) is 10.0 Å². The number of morpholine rings is 1. The molecule has 21 heavy (non-hydrogen) atoms. The van der Waals surface area contributed by atoms with Crippen molar-refractivity contribution in [3.63, 3.8) is 0 Å². The van der Waals surface area contributed by atoms with Gasteiger partial charge in [0.05, 0.1) is 12.4 Å². The first-order chi connectivity index (χ1) is 10.0. The summed E-state index contributed by atoms with van der Waals surface area (Å²) in [5.41, 5.74) is 0. The normalized spacial score (nSPS) is 20.8. The summed E-state index contributed by atoms with van der Waals surface area (Å²) in [6.45, 7) is 6.77. The lowest BCUT2D eigenvalue weighted by atomic mass is 10.2. The largest absolute Gasteiger partial charge is 0.367 e. The summed E-state index contributed by atoms with van der Waals surface area (Å²) in [4.78, 5) is 6.55. The molecule has 0 spiro atoms. The number of hydrogen-bond acceptors (Lipinski definition) is 6. The molecule has 9 heteroatoms. The minimum Gasteiger partial charge on any atom is -0.367 e. The van der Waals surface area contributed by atoms with Gasteiger partial charge in [0, 0.05) is 32.6 Å². The van der Waals surface area contributed by atoms with Gasteiger partial charge in [-0.05, 0) is 6.92 Å². The summed E-state index contributed by atoms with van der Waals surface area (Å²) in [6, 6.07) is 0. The topological polar surface area (TPSA) is 100 Å². The maximum atomic E-state index is 11.4. The summed E-state index contributed by atoms with van der Waals surface area (Å²) in [6.07, 6.45) is 0.653. The fraction of sp³-hybridized carbons (Fsp3) is 0.833. The Morgan fingerprint density at radius 3 is 2.95 bits per heavy atom. The molecule has 0 aromatic carbocycles. The van der Waals surface area contributed by atoms with Gasteiger partial charge < -0.3 is 4.74 Å². The maximum absolute atomic E-state index is 11.4. The van der Waals surface area contributed by atoms with Gasteiger partial charge in [0.1, 0.15) is 11.9 Å². The molecule has 2 heterocycles. The Morgan fingerprint density at radius 1 is 1.48 bits per heavy atom. The Bertz CT molecular complexity index is 545. The Kier molecular flexibility index (Phi) is 5.68. The van der Waals surface area contributed by atoms with Crippen LogP contribution in [0.25, 0.3) is 0 Å². The highest BCUT2D eigenvalue weighted by molar-refractivity contribution is 7.89. The first-order valence-electron chi connectivity index (χ1n) is 7.26. The number of aromatic amines is 1. The van der Waals surface area contributed by atoms with Gasteiger partial charge in [-0.3, -0.25) is 10.00 Å². The van der Waals surface area contributed by atoms with Gasteiger partial charge in [-0.15, -0.1) is 0 Å². The number of rotatable bonds is 7. The highest BCUT2D eigenvalue weighted by Gasteiger charge is 2.25. The minimum atomic E-state index is -3.12. The lowest BCUT2D eigenvalue weighted by Gasteiger charge is -2.31. The second-order valence-electron chi connectivity index (χ2n) is 4.95. The third-order valence-corrected chi connectivity index (χ3v) is 4.86. The van der Waals surface area contributed by atoms with Gasteiger partial charge in [-0.2, -0.15) is 5.10 Å². The summed E-state index contributed by atoms with van der Waals surface area (Å²) in [5, 5.41) is 7.07. The lowest BCUT2D eigenvalue weighted by Crippen LogP contribution is -2.43. The summed E-state index contributed by atoms with van der Waals surface area (Å²) in [7, 11) is -3.12. The molecular formula is C12H23N5O3S. The van der Waals surface area contributed by atoms with Crippen LogP contribution < -0.4 is 4.72 Å². The van der Waals surface area contributed by atoms with E-state index < -0.39 is 10.0 Å². The van der Waals surface area contributed by atoms with E-state index >= 15 is 0 Å². The van der Waals surface area contributed by atoms with Gasteiger partial charge in [-0.1, -0.05) is 6.92 Å². The first kappa shape index (κ1) is 16.3. The van der Waals surface area contributed by atoms with Crippen molar-refractivity contribution in [2.24, 2.45) is 0 Å². The van der Waals surface area contributed by atoms with E-state index in [9.17, 15) is 8.42 Å². The highest BCUT2D eigenvalue weighted by atomic mass is 32.2. The zero-order valence-electron chi connectivity index (χ0n) is 12.5. The number of hydrogen-bond donors (Lipinski definition) is 2. The molecule has 0 amide bonds. The van der Waals surface area contributed by atoms with E-state index in [1.54, 1.807) is 6.92 Å². The first-order valence-corrected chi connectivity index (χ1v) is 8.91. The average Bonchev–Trinajstić information content (AvgIpc) is 2.96.